The highest BCUT2D eigenvalue weighted by Crippen LogP contribution is 2.23. The molecule has 0 spiro atoms. The molecule has 1 aromatic heterocycles. The van der Waals surface area contributed by atoms with E-state index in [9.17, 15) is 13.6 Å². The summed E-state index contributed by atoms with van der Waals surface area (Å²) in [5, 5.41) is 3.47. The molecule has 0 aliphatic rings. The lowest BCUT2D eigenvalue weighted by atomic mass is 10.0. The number of carbonyl (C=O) groups excluding carboxylic acids is 1. The first-order valence-corrected chi connectivity index (χ1v) is 7.09. The predicted molar refractivity (Wildman–Crippen MR) is 85.5 cm³/mol. The maximum absolute atomic E-state index is 13.3. The molecule has 0 aliphatic heterocycles. The summed E-state index contributed by atoms with van der Waals surface area (Å²) in [5.41, 5.74) is 2.83. The summed E-state index contributed by atoms with van der Waals surface area (Å²) in [5.74, 6) is -2.36. The van der Waals surface area contributed by atoms with E-state index in [1.165, 1.54) is 6.07 Å². The zero-order chi connectivity index (χ0) is 16.6. The molecule has 0 saturated heterocycles. The van der Waals surface area contributed by atoms with Crippen LogP contribution in [0.25, 0.3) is 10.9 Å². The van der Waals surface area contributed by atoms with Crippen molar-refractivity contribution in [2.24, 2.45) is 0 Å². The van der Waals surface area contributed by atoms with Gasteiger partial charge in [0, 0.05) is 17.1 Å². The maximum atomic E-state index is 13.3. The number of aryl methyl sites for hydroxylation is 2. The van der Waals surface area contributed by atoms with Crippen LogP contribution in [0.3, 0.4) is 0 Å². The SMILES string of the molecule is Cc1nc2ccccc2c(C)c1C(=O)Nc1ccc(F)c(F)c1. The van der Waals surface area contributed by atoms with Crippen LogP contribution in [0, 0.1) is 25.5 Å². The fraction of sp³-hybridized carbons (Fsp3) is 0.111. The van der Waals surface area contributed by atoms with Crippen LogP contribution < -0.4 is 5.32 Å². The molecule has 116 valence electrons. The summed E-state index contributed by atoms with van der Waals surface area (Å²) in [4.78, 5) is 17.0. The van der Waals surface area contributed by atoms with Crippen molar-refractivity contribution in [1.82, 2.24) is 4.98 Å². The Morgan fingerprint density at radius 2 is 1.78 bits per heavy atom. The Balaban J connectivity index is 2.02. The second kappa shape index (κ2) is 5.76. The number of benzene rings is 2. The Bertz CT molecular complexity index is 922. The van der Waals surface area contributed by atoms with E-state index in [0.29, 0.717) is 11.3 Å². The third kappa shape index (κ3) is 2.77. The Morgan fingerprint density at radius 3 is 2.52 bits per heavy atom. The van der Waals surface area contributed by atoms with Gasteiger partial charge in [0.2, 0.25) is 0 Å². The standard InChI is InChI=1S/C18H14F2N2O/c1-10-13-5-3-4-6-16(13)21-11(2)17(10)18(23)22-12-7-8-14(19)15(20)9-12/h3-9H,1-2H3,(H,22,23). The van der Waals surface area contributed by atoms with Gasteiger partial charge in [-0.1, -0.05) is 18.2 Å². The van der Waals surface area contributed by atoms with Crippen molar-refractivity contribution in [2.45, 2.75) is 13.8 Å². The number of hydrogen-bond donors (Lipinski definition) is 1. The summed E-state index contributed by atoms with van der Waals surface area (Å²) in [6.45, 7) is 3.59. The molecular formula is C18H14F2N2O. The maximum Gasteiger partial charge on any atom is 0.257 e. The first-order valence-electron chi connectivity index (χ1n) is 7.09. The predicted octanol–water partition coefficient (Wildman–Crippen LogP) is 4.38. The van der Waals surface area contributed by atoms with Gasteiger partial charge in [0.05, 0.1) is 16.8 Å². The van der Waals surface area contributed by atoms with E-state index in [4.69, 9.17) is 0 Å². The fourth-order valence-electron chi connectivity index (χ4n) is 2.63. The number of rotatable bonds is 2. The number of amides is 1. The molecule has 0 radical (unpaired) electrons. The zero-order valence-electron chi connectivity index (χ0n) is 12.7. The molecule has 0 fully saturated rings. The van der Waals surface area contributed by atoms with E-state index in [1.54, 1.807) is 6.92 Å². The molecule has 0 bridgehead atoms. The van der Waals surface area contributed by atoms with Crippen LogP contribution in [0.1, 0.15) is 21.6 Å². The van der Waals surface area contributed by atoms with Crippen molar-refractivity contribution >= 4 is 22.5 Å². The number of para-hydroxylation sites is 1. The van der Waals surface area contributed by atoms with Gasteiger partial charge in [0.1, 0.15) is 0 Å². The van der Waals surface area contributed by atoms with Gasteiger partial charge < -0.3 is 5.32 Å². The molecule has 1 amide bonds. The molecule has 3 nitrogen and oxygen atoms in total. The Morgan fingerprint density at radius 1 is 1.04 bits per heavy atom. The molecular weight excluding hydrogens is 298 g/mol. The molecule has 1 N–H and O–H groups in total. The summed E-state index contributed by atoms with van der Waals surface area (Å²) < 4.78 is 26.2. The number of nitrogens with zero attached hydrogens (tertiary/aromatic N) is 1. The normalized spacial score (nSPS) is 10.8. The molecule has 3 aromatic rings. The number of aromatic nitrogens is 1. The molecule has 5 heteroatoms. The van der Waals surface area contributed by atoms with Crippen molar-refractivity contribution in [3.8, 4) is 0 Å². The van der Waals surface area contributed by atoms with Crippen molar-refractivity contribution in [3.63, 3.8) is 0 Å². The van der Waals surface area contributed by atoms with Crippen LogP contribution in [0.2, 0.25) is 0 Å². The van der Waals surface area contributed by atoms with Crippen LogP contribution in [0.4, 0.5) is 14.5 Å². The first-order chi connectivity index (χ1) is 11.0. The molecule has 2 aromatic carbocycles. The lowest BCUT2D eigenvalue weighted by molar-refractivity contribution is 0.102. The van der Waals surface area contributed by atoms with Gasteiger partial charge in [-0.25, -0.2) is 8.78 Å². The lowest BCUT2D eigenvalue weighted by Gasteiger charge is -2.12. The lowest BCUT2D eigenvalue weighted by Crippen LogP contribution is -2.16. The zero-order valence-corrected chi connectivity index (χ0v) is 12.7. The highest BCUT2D eigenvalue weighted by molar-refractivity contribution is 6.08. The summed E-state index contributed by atoms with van der Waals surface area (Å²) in [7, 11) is 0. The molecule has 0 saturated carbocycles. The molecule has 23 heavy (non-hydrogen) atoms. The topological polar surface area (TPSA) is 42.0 Å². The molecule has 3 rings (SSSR count). The highest BCUT2D eigenvalue weighted by atomic mass is 19.2. The van der Waals surface area contributed by atoms with Crippen molar-refractivity contribution in [1.29, 1.82) is 0 Å². The fourth-order valence-corrected chi connectivity index (χ4v) is 2.63. The smallest absolute Gasteiger partial charge is 0.257 e. The Hall–Kier alpha value is -2.82. The second-order valence-electron chi connectivity index (χ2n) is 5.30. The third-order valence-electron chi connectivity index (χ3n) is 3.74. The van der Waals surface area contributed by atoms with Crippen LogP contribution in [-0.2, 0) is 0 Å². The van der Waals surface area contributed by atoms with E-state index >= 15 is 0 Å². The molecule has 0 aliphatic carbocycles. The summed E-state index contributed by atoms with van der Waals surface area (Å²) >= 11 is 0. The van der Waals surface area contributed by atoms with Crippen LogP contribution >= 0.6 is 0 Å². The Kier molecular flexibility index (Phi) is 3.78. The molecule has 0 unspecified atom stereocenters. The summed E-state index contributed by atoms with van der Waals surface area (Å²) in [6.07, 6.45) is 0. The minimum Gasteiger partial charge on any atom is -0.322 e. The minimum absolute atomic E-state index is 0.195. The van der Waals surface area contributed by atoms with Crippen LogP contribution in [-0.4, -0.2) is 10.9 Å². The van der Waals surface area contributed by atoms with Crippen LogP contribution in [0.5, 0.6) is 0 Å². The van der Waals surface area contributed by atoms with Gasteiger partial charge >= 0.3 is 0 Å². The van der Waals surface area contributed by atoms with E-state index in [1.807, 2.05) is 31.2 Å². The van der Waals surface area contributed by atoms with Crippen LogP contribution in [0.15, 0.2) is 42.5 Å². The average Bonchev–Trinajstić information content (AvgIpc) is 2.51. The van der Waals surface area contributed by atoms with Gasteiger partial charge in [-0.3, -0.25) is 9.78 Å². The minimum atomic E-state index is -1.01. The summed E-state index contributed by atoms with van der Waals surface area (Å²) in [6, 6.07) is 10.8. The number of fused-ring (bicyclic) bond motifs is 1. The van der Waals surface area contributed by atoms with Crippen molar-refractivity contribution in [2.75, 3.05) is 5.32 Å². The van der Waals surface area contributed by atoms with Crippen molar-refractivity contribution in [3.05, 3.63) is 70.9 Å². The van der Waals surface area contributed by atoms with Gasteiger partial charge in [-0.05, 0) is 37.6 Å². The average molecular weight is 312 g/mol. The first kappa shape index (κ1) is 15.1. The number of anilines is 1. The quantitative estimate of drug-likeness (QED) is 0.763. The number of nitrogens with one attached hydrogen (secondary N) is 1. The molecule has 1 heterocycles. The monoisotopic (exact) mass is 312 g/mol. The van der Waals surface area contributed by atoms with E-state index < -0.39 is 17.5 Å². The van der Waals surface area contributed by atoms with Gasteiger partial charge in [-0.15, -0.1) is 0 Å². The number of carbonyl (C=O) groups is 1. The Labute approximate surface area is 132 Å². The number of halogens is 2. The van der Waals surface area contributed by atoms with Gasteiger partial charge in [-0.2, -0.15) is 0 Å². The van der Waals surface area contributed by atoms with Gasteiger partial charge in [0.15, 0.2) is 11.6 Å². The van der Waals surface area contributed by atoms with Crippen molar-refractivity contribution < 1.29 is 13.6 Å². The highest BCUT2D eigenvalue weighted by Gasteiger charge is 2.17. The van der Waals surface area contributed by atoms with E-state index in [-0.39, 0.29) is 5.69 Å². The second-order valence-corrected chi connectivity index (χ2v) is 5.30. The van der Waals surface area contributed by atoms with Gasteiger partial charge in [0.25, 0.3) is 5.91 Å². The van der Waals surface area contributed by atoms with E-state index in [0.717, 1.165) is 28.6 Å². The third-order valence-corrected chi connectivity index (χ3v) is 3.74. The van der Waals surface area contributed by atoms with E-state index in [2.05, 4.69) is 10.3 Å². The number of hydrogen-bond acceptors (Lipinski definition) is 2. The molecule has 0 atom stereocenters. The largest absolute Gasteiger partial charge is 0.322 e. The number of pyridine rings is 1.